The van der Waals surface area contributed by atoms with Gasteiger partial charge in [-0.1, -0.05) is 42.5 Å². The molecule has 6 heteroatoms. The van der Waals surface area contributed by atoms with E-state index in [0.717, 1.165) is 16.9 Å². The van der Waals surface area contributed by atoms with Crippen molar-refractivity contribution in [1.29, 1.82) is 0 Å². The van der Waals surface area contributed by atoms with Crippen LogP contribution in [0.2, 0.25) is 0 Å². The third-order valence-corrected chi connectivity index (χ3v) is 4.99. The van der Waals surface area contributed by atoms with Crippen LogP contribution in [0.5, 0.6) is 5.75 Å². The molecule has 1 amide bonds. The fraction of sp³-hybridized carbons (Fsp3) is 0.250. The first-order valence-electron chi connectivity index (χ1n) is 9.82. The third kappa shape index (κ3) is 4.38. The van der Waals surface area contributed by atoms with Gasteiger partial charge in [-0.2, -0.15) is 0 Å². The molecule has 0 saturated heterocycles. The number of ether oxygens (including phenoxy) is 2. The summed E-state index contributed by atoms with van der Waals surface area (Å²) >= 11 is 0. The van der Waals surface area contributed by atoms with Crippen LogP contribution >= 0.6 is 0 Å². The van der Waals surface area contributed by atoms with Gasteiger partial charge >= 0.3 is 5.97 Å². The normalized spacial score (nSPS) is 11.6. The number of benzene rings is 2. The number of amides is 1. The summed E-state index contributed by atoms with van der Waals surface area (Å²) in [6.07, 6.45) is 0. The van der Waals surface area contributed by atoms with E-state index in [-0.39, 0.29) is 11.9 Å². The van der Waals surface area contributed by atoms with E-state index in [2.05, 4.69) is 10.3 Å². The number of hydrogen-bond acceptors (Lipinski definition) is 4. The number of carbonyl (C=O) groups excluding carboxylic acids is 2. The molecule has 1 aromatic heterocycles. The number of aromatic nitrogens is 1. The third-order valence-electron chi connectivity index (χ3n) is 4.99. The predicted molar refractivity (Wildman–Crippen MR) is 115 cm³/mol. The Morgan fingerprint density at radius 3 is 2.23 bits per heavy atom. The molecular weight excluding hydrogens is 380 g/mol. The molecule has 156 valence electrons. The van der Waals surface area contributed by atoms with Gasteiger partial charge in [0.05, 0.1) is 25.3 Å². The zero-order valence-corrected chi connectivity index (χ0v) is 17.6. The SMILES string of the molecule is CCOc1ccc(C(NC(=O)c2[nH]c(C)c(C(=O)OC)c2C)c2ccccc2)cc1. The van der Waals surface area contributed by atoms with Gasteiger partial charge in [-0.25, -0.2) is 4.79 Å². The predicted octanol–water partition coefficient (Wildman–Crippen LogP) is 4.34. The molecule has 3 aromatic rings. The van der Waals surface area contributed by atoms with Crippen LogP contribution in [-0.2, 0) is 4.74 Å². The molecule has 2 aromatic carbocycles. The number of nitrogens with one attached hydrogen (secondary N) is 2. The number of methoxy groups -OCH3 is 1. The van der Waals surface area contributed by atoms with E-state index in [1.807, 2.05) is 61.5 Å². The smallest absolute Gasteiger partial charge is 0.339 e. The Balaban J connectivity index is 1.94. The monoisotopic (exact) mass is 406 g/mol. The van der Waals surface area contributed by atoms with Crippen LogP contribution in [-0.4, -0.2) is 30.6 Å². The maximum absolute atomic E-state index is 13.1. The maximum Gasteiger partial charge on any atom is 0.339 e. The average molecular weight is 406 g/mol. The van der Waals surface area contributed by atoms with E-state index < -0.39 is 5.97 Å². The first kappa shape index (κ1) is 21.2. The lowest BCUT2D eigenvalue weighted by molar-refractivity contribution is 0.0599. The minimum absolute atomic E-state index is 0.298. The average Bonchev–Trinajstić information content (AvgIpc) is 3.07. The van der Waals surface area contributed by atoms with Gasteiger partial charge < -0.3 is 19.8 Å². The molecule has 0 spiro atoms. The zero-order chi connectivity index (χ0) is 21.7. The molecule has 3 rings (SSSR count). The number of esters is 1. The summed E-state index contributed by atoms with van der Waals surface area (Å²) in [4.78, 5) is 28.2. The van der Waals surface area contributed by atoms with Crippen LogP contribution in [0.3, 0.4) is 0 Å². The van der Waals surface area contributed by atoms with Crippen molar-refractivity contribution in [3.8, 4) is 5.75 Å². The Bertz CT molecular complexity index is 1020. The standard InChI is InChI=1S/C24H26N2O4/c1-5-30-19-13-11-18(12-14-19)22(17-9-7-6-8-10-17)26-23(27)21-15(2)20(16(3)25-21)24(28)29-4/h6-14,22,25H,5H2,1-4H3,(H,26,27). The summed E-state index contributed by atoms with van der Waals surface area (Å²) in [6.45, 7) is 6.01. The van der Waals surface area contributed by atoms with Crippen molar-refractivity contribution in [2.45, 2.75) is 26.8 Å². The van der Waals surface area contributed by atoms with Crippen molar-refractivity contribution in [2.24, 2.45) is 0 Å². The van der Waals surface area contributed by atoms with E-state index in [1.54, 1.807) is 13.8 Å². The minimum atomic E-state index is -0.466. The van der Waals surface area contributed by atoms with Crippen molar-refractivity contribution < 1.29 is 19.1 Å². The molecular formula is C24H26N2O4. The van der Waals surface area contributed by atoms with Crippen molar-refractivity contribution in [1.82, 2.24) is 10.3 Å². The van der Waals surface area contributed by atoms with Crippen molar-refractivity contribution in [3.05, 3.63) is 88.2 Å². The molecule has 0 aliphatic heterocycles. The molecule has 0 fully saturated rings. The van der Waals surface area contributed by atoms with E-state index in [0.29, 0.717) is 29.1 Å². The second-order valence-electron chi connectivity index (χ2n) is 6.94. The minimum Gasteiger partial charge on any atom is -0.494 e. The van der Waals surface area contributed by atoms with E-state index in [4.69, 9.17) is 9.47 Å². The fourth-order valence-corrected chi connectivity index (χ4v) is 3.52. The molecule has 0 radical (unpaired) electrons. The molecule has 1 unspecified atom stereocenters. The van der Waals surface area contributed by atoms with Crippen LogP contribution in [0, 0.1) is 13.8 Å². The van der Waals surface area contributed by atoms with Gasteiger partial charge in [0.15, 0.2) is 0 Å². The summed E-state index contributed by atoms with van der Waals surface area (Å²) in [5.41, 5.74) is 3.77. The zero-order valence-electron chi connectivity index (χ0n) is 17.6. The molecule has 1 heterocycles. The summed E-state index contributed by atoms with van der Waals surface area (Å²) < 4.78 is 10.4. The van der Waals surface area contributed by atoms with Gasteiger partial charge in [0.2, 0.25) is 0 Å². The summed E-state index contributed by atoms with van der Waals surface area (Å²) in [6, 6.07) is 17.0. The molecule has 0 aliphatic rings. The van der Waals surface area contributed by atoms with Crippen molar-refractivity contribution >= 4 is 11.9 Å². The fourth-order valence-electron chi connectivity index (χ4n) is 3.52. The number of aryl methyl sites for hydroxylation is 1. The molecule has 6 nitrogen and oxygen atoms in total. The Labute approximate surface area is 176 Å². The quantitative estimate of drug-likeness (QED) is 0.572. The Morgan fingerprint density at radius 2 is 1.63 bits per heavy atom. The Hall–Kier alpha value is -3.54. The number of carbonyl (C=O) groups is 2. The molecule has 0 aliphatic carbocycles. The van der Waals surface area contributed by atoms with E-state index >= 15 is 0 Å². The number of aromatic amines is 1. The summed E-state index contributed by atoms with van der Waals surface area (Å²) in [7, 11) is 1.32. The molecule has 1 atom stereocenters. The van der Waals surface area contributed by atoms with Crippen LogP contribution in [0.4, 0.5) is 0 Å². The van der Waals surface area contributed by atoms with Crippen LogP contribution < -0.4 is 10.1 Å². The Kier molecular flexibility index (Phi) is 6.57. The van der Waals surface area contributed by atoms with Crippen molar-refractivity contribution in [3.63, 3.8) is 0 Å². The number of H-pyrrole nitrogens is 1. The molecule has 0 saturated carbocycles. The number of hydrogen-bond donors (Lipinski definition) is 2. The van der Waals surface area contributed by atoms with Gasteiger partial charge in [0.25, 0.3) is 5.91 Å². The first-order chi connectivity index (χ1) is 14.5. The summed E-state index contributed by atoms with van der Waals surface area (Å²) in [5, 5.41) is 3.09. The highest BCUT2D eigenvalue weighted by atomic mass is 16.5. The van der Waals surface area contributed by atoms with Crippen LogP contribution in [0.25, 0.3) is 0 Å². The van der Waals surface area contributed by atoms with E-state index in [1.165, 1.54) is 7.11 Å². The van der Waals surface area contributed by atoms with Gasteiger partial charge in [-0.05, 0) is 49.6 Å². The highest BCUT2D eigenvalue weighted by Crippen LogP contribution is 2.26. The van der Waals surface area contributed by atoms with Crippen LogP contribution in [0.1, 0.15) is 56.2 Å². The van der Waals surface area contributed by atoms with Gasteiger partial charge in [-0.3, -0.25) is 4.79 Å². The maximum atomic E-state index is 13.1. The lowest BCUT2D eigenvalue weighted by Gasteiger charge is -2.20. The van der Waals surface area contributed by atoms with Gasteiger partial charge in [0, 0.05) is 5.69 Å². The second kappa shape index (κ2) is 9.31. The Morgan fingerprint density at radius 1 is 1.00 bits per heavy atom. The van der Waals surface area contributed by atoms with Gasteiger partial charge in [-0.15, -0.1) is 0 Å². The highest BCUT2D eigenvalue weighted by Gasteiger charge is 2.25. The first-order valence-corrected chi connectivity index (χ1v) is 9.82. The van der Waals surface area contributed by atoms with Crippen molar-refractivity contribution in [2.75, 3.05) is 13.7 Å². The topological polar surface area (TPSA) is 80.4 Å². The largest absolute Gasteiger partial charge is 0.494 e. The lowest BCUT2D eigenvalue weighted by atomic mass is 9.98. The van der Waals surface area contributed by atoms with Gasteiger partial charge in [0.1, 0.15) is 11.4 Å². The van der Waals surface area contributed by atoms with E-state index in [9.17, 15) is 9.59 Å². The molecule has 0 bridgehead atoms. The van der Waals surface area contributed by atoms with Crippen LogP contribution in [0.15, 0.2) is 54.6 Å². The molecule has 2 N–H and O–H groups in total. The number of rotatable bonds is 7. The molecule has 30 heavy (non-hydrogen) atoms. The highest BCUT2D eigenvalue weighted by molar-refractivity contribution is 6.00. The summed E-state index contributed by atoms with van der Waals surface area (Å²) in [5.74, 6) is 0.0119. The lowest BCUT2D eigenvalue weighted by Crippen LogP contribution is -2.30. The second-order valence-corrected chi connectivity index (χ2v) is 6.94.